The number of carbonyl (C=O) groups is 1. The van der Waals surface area contributed by atoms with E-state index in [-0.39, 0.29) is 18.0 Å². The number of amides is 1. The molecule has 2 rings (SSSR count). The maximum absolute atomic E-state index is 12.2. The summed E-state index contributed by atoms with van der Waals surface area (Å²) in [5, 5.41) is 7.18. The normalized spacial score (nSPS) is 18.2. The SMILES string of the molecule is CC(C(=O)Nc1ccnn1C(C)C)N1CCCC1. The molecule has 0 bridgehead atoms. The van der Waals surface area contributed by atoms with Crippen LogP contribution < -0.4 is 5.32 Å². The van der Waals surface area contributed by atoms with Crippen molar-refractivity contribution in [3.05, 3.63) is 12.3 Å². The Morgan fingerprint density at radius 1 is 1.33 bits per heavy atom. The smallest absolute Gasteiger partial charge is 0.242 e. The van der Waals surface area contributed by atoms with Gasteiger partial charge in [-0.3, -0.25) is 9.69 Å². The highest BCUT2D eigenvalue weighted by atomic mass is 16.2. The largest absolute Gasteiger partial charge is 0.310 e. The molecule has 1 unspecified atom stereocenters. The van der Waals surface area contributed by atoms with Crippen molar-refractivity contribution in [2.24, 2.45) is 0 Å². The first-order chi connectivity index (χ1) is 8.59. The van der Waals surface area contributed by atoms with E-state index in [1.807, 2.05) is 31.5 Å². The zero-order chi connectivity index (χ0) is 13.1. The molecule has 0 aromatic carbocycles. The Kier molecular flexibility index (Phi) is 4.01. The second kappa shape index (κ2) is 5.52. The lowest BCUT2D eigenvalue weighted by atomic mass is 10.3. The molecule has 0 radical (unpaired) electrons. The van der Waals surface area contributed by atoms with Crippen molar-refractivity contribution in [3.63, 3.8) is 0 Å². The number of rotatable bonds is 4. The topological polar surface area (TPSA) is 50.2 Å². The molecule has 5 nitrogen and oxygen atoms in total. The van der Waals surface area contributed by atoms with Crippen molar-refractivity contribution in [2.45, 2.75) is 45.7 Å². The number of likely N-dealkylation sites (tertiary alicyclic amines) is 1. The minimum atomic E-state index is -0.0667. The van der Waals surface area contributed by atoms with Crippen LogP contribution in [0, 0.1) is 0 Å². The van der Waals surface area contributed by atoms with Gasteiger partial charge in [0.25, 0.3) is 0 Å². The number of nitrogens with zero attached hydrogens (tertiary/aromatic N) is 3. The number of nitrogens with one attached hydrogen (secondary N) is 1. The summed E-state index contributed by atoms with van der Waals surface area (Å²) in [4.78, 5) is 14.4. The second-order valence-corrected chi connectivity index (χ2v) is 5.16. The van der Waals surface area contributed by atoms with Crippen LogP contribution in [0.3, 0.4) is 0 Å². The van der Waals surface area contributed by atoms with E-state index in [1.165, 1.54) is 12.8 Å². The average Bonchev–Trinajstić information content (AvgIpc) is 2.98. The van der Waals surface area contributed by atoms with E-state index >= 15 is 0 Å². The van der Waals surface area contributed by atoms with Crippen molar-refractivity contribution in [1.82, 2.24) is 14.7 Å². The van der Waals surface area contributed by atoms with Crippen LogP contribution in [-0.2, 0) is 4.79 Å². The van der Waals surface area contributed by atoms with Crippen LogP contribution in [0.15, 0.2) is 12.3 Å². The Balaban J connectivity index is 1.99. The maximum Gasteiger partial charge on any atom is 0.242 e. The van der Waals surface area contributed by atoms with Crippen molar-refractivity contribution >= 4 is 11.7 Å². The predicted octanol–water partition coefficient (Wildman–Crippen LogP) is 1.89. The Bertz CT molecular complexity index is 407. The molecule has 2 heterocycles. The molecular formula is C13H22N4O. The van der Waals surface area contributed by atoms with Crippen molar-refractivity contribution in [2.75, 3.05) is 18.4 Å². The Labute approximate surface area is 108 Å². The molecule has 1 atom stereocenters. The number of hydrogen-bond donors (Lipinski definition) is 1. The third kappa shape index (κ3) is 2.72. The monoisotopic (exact) mass is 250 g/mol. The van der Waals surface area contributed by atoms with Crippen LogP contribution in [0.1, 0.15) is 39.7 Å². The maximum atomic E-state index is 12.2. The Morgan fingerprint density at radius 2 is 2.00 bits per heavy atom. The van der Waals surface area contributed by atoms with Crippen molar-refractivity contribution < 1.29 is 4.79 Å². The highest BCUT2D eigenvalue weighted by Crippen LogP contribution is 2.16. The van der Waals surface area contributed by atoms with E-state index in [0.717, 1.165) is 18.9 Å². The van der Waals surface area contributed by atoms with E-state index in [4.69, 9.17) is 0 Å². The molecule has 100 valence electrons. The van der Waals surface area contributed by atoms with Gasteiger partial charge in [0.15, 0.2) is 0 Å². The van der Waals surface area contributed by atoms with Gasteiger partial charge in [0, 0.05) is 12.1 Å². The molecule has 1 saturated heterocycles. The number of carbonyl (C=O) groups excluding carboxylic acids is 1. The fourth-order valence-electron chi connectivity index (χ4n) is 2.35. The van der Waals surface area contributed by atoms with Crippen LogP contribution in [0.2, 0.25) is 0 Å². The van der Waals surface area contributed by atoms with E-state index in [9.17, 15) is 4.79 Å². The van der Waals surface area contributed by atoms with Gasteiger partial charge in [-0.25, -0.2) is 4.68 Å². The fraction of sp³-hybridized carbons (Fsp3) is 0.692. The summed E-state index contributed by atoms with van der Waals surface area (Å²) in [7, 11) is 0. The summed E-state index contributed by atoms with van der Waals surface area (Å²) in [6.45, 7) is 8.12. The minimum absolute atomic E-state index is 0.0549. The van der Waals surface area contributed by atoms with E-state index in [2.05, 4.69) is 15.3 Å². The molecule has 0 saturated carbocycles. The molecule has 1 aromatic heterocycles. The first-order valence-corrected chi connectivity index (χ1v) is 6.68. The van der Waals surface area contributed by atoms with Gasteiger partial charge in [0.1, 0.15) is 5.82 Å². The van der Waals surface area contributed by atoms with Gasteiger partial charge in [-0.1, -0.05) is 0 Å². The second-order valence-electron chi connectivity index (χ2n) is 5.16. The molecule has 0 aliphatic carbocycles. The lowest BCUT2D eigenvalue weighted by molar-refractivity contribution is -0.120. The number of aromatic nitrogens is 2. The summed E-state index contributed by atoms with van der Waals surface area (Å²) in [6.07, 6.45) is 4.11. The molecule has 1 aromatic rings. The molecule has 1 aliphatic heterocycles. The third-order valence-electron chi connectivity index (χ3n) is 3.48. The highest BCUT2D eigenvalue weighted by molar-refractivity contribution is 5.93. The zero-order valence-electron chi connectivity index (χ0n) is 11.4. The van der Waals surface area contributed by atoms with E-state index in [0.29, 0.717) is 0 Å². The fourth-order valence-corrected chi connectivity index (χ4v) is 2.35. The van der Waals surface area contributed by atoms with Gasteiger partial charge in [-0.05, 0) is 46.7 Å². The average molecular weight is 250 g/mol. The van der Waals surface area contributed by atoms with Crippen LogP contribution in [-0.4, -0.2) is 39.7 Å². The molecule has 5 heteroatoms. The minimum Gasteiger partial charge on any atom is -0.310 e. The predicted molar refractivity (Wildman–Crippen MR) is 71.5 cm³/mol. The quantitative estimate of drug-likeness (QED) is 0.887. The molecule has 1 N–H and O–H groups in total. The molecule has 18 heavy (non-hydrogen) atoms. The summed E-state index contributed by atoms with van der Waals surface area (Å²) >= 11 is 0. The molecule has 1 aliphatic rings. The van der Waals surface area contributed by atoms with Gasteiger partial charge in [-0.15, -0.1) is 0 Å². The number of anilines is 1. The van der Waals surface area contributed by atoms with Crippen LogP contribution in [0.25, 0.3) is 0 Å². The Hall–Kier alpha value is -1.36. The summed E-state index contributed by atoms with van der Waals surface area (Å²) in [5.74, 6) is 0.834. The van der Waals surface area contributed by atoms with Crippen LogP contribution in [0.4, 0.5) is 5.82 Å². The number of hydrogen-bond acceptors (Lipinski definition) is 3. The van der Waals surface area contributed by atoms with Crippen molar-refractivity contribution in [3.8, 4) is 0 Å². The van der Waals surface area contributed by atoms with Gasteiger partial charge < -0.3 is 5.32 Å². The molecule has 1 fully saturated rings. The standard InChI is InChI=1S/C13H22N4O/c1-10(2)17-12(6-7-14-17)15-13(18)11(3)16-8-4-5-9-16/h6-7,10-11H,4-5,8-9H2,1-3H3,(H,15,18). The summed E-state index contributed by atoms with van der Waals surface area (Å²) in [5.41, 5.74) is 0. The van der Waals surface area contributed by atoms with E-state index in [1.54, 1.807) is 6.20 Å². The molecule has 0 spiro atoms. The summed E-state index contributed by atoms with van der Waals surface area (Å²) in [6, 6.07) is 2.02. The van der Waals surface area contributed by atoms with E-state index < -0.39 is 0 Å². The van der Waals surface area contributed by atoms with Gasteiger partial charge in [-0.2, -0.15) is 5.10 Å². The van der Waals surface area contributed by atoms with Crippen LogP contribution >= 0.6 is 0 Å². The first-order valence-electron chi connectivity index (χ1n) is 6.68. The Morgan fingerprint density at radius 3 is 2.61 bits per heavy atom. The lowest BCUT2D eigenvalue weighted by Crippen LogP contribution is -2.40. The lowest BCUT2D eigenvalue weighted by Gasteiger charge is -2.23. The molecule has 1 amide bonds. The molecular weight excluding hydrogens is 228 g/mol. The van der Waals surface area contributed by atoms with Crippen LogP contribution in [0.5, 0.6) is 0 Å². The summed E-state index contributed by atoms with van der Waals surface area (Å²) < 4.78 is 1.83. The zero-order valence-corrected chi connectivity index (χ0v) is 11.4. The third-order valence-corrected chi connectivity index (χ3v) is 3.48. The van der Waals surface area contributed by atoms with Crippen molar-refractivity contribution in [1.29, 1.82) is 0 Å². The van der Waals surface area contributed by atoms with Gasteiger partial charge >= 0.3 is 0 Å². The van der Waals surface area contributed by atoms with Gasteiger partial charge in [0.2, 0.25) is 5.91 Å². The highest BCUT2D eigenvalue weighted by Gasteiger charge is 2.24. The first kappa shape index (κ1) is 13.1. The van der Waals surface area contributed by atoms with Gasteiger partial charge in [0.05, 0.1) is 12.2 Å².